The Morgan fingerprint density at radius 1 is 1.33 bits per heavy atom. The van der Waals surface area contributed by atoms with E-state index in [0.29, 0.717) is 6.42 Å². The summed E-state index contributed by atoms with van der Waals surface area (Å²) >= 11 is 0. The van der Waals surface area contributed by atoms with Crippen molar-refractivity contribution in [2.75, 3.05) is 0 Å². The Balaban J connectivity index is 1.85. The number of aliphatic hydroxyl groups is 1. The van der Waals surface area contributed by atoms with E-state index in [1.165, 1.54) is 12.8 Å². The van der Waals surface area contributed by atoms with Crippen LogP contribution in [0, 0.1) is 11.3 Å². The van der Waals surface area contributed by atoms with E-state index < -0.39 is 0 Å². The molecule has 0 spiro atoms. The zero-order chi connectivity index (χ0) is 11.1. The van der Waals surface area contributed by atoms with Gasteiger partial charge in [0.05, 0.1) is 6.10 Å². The zero-order valence-electron chi connectivity index (χ0n) is 9.62. The van der Waals surface area contributed by atoms with Gasteiger partial charge in [-0.3, -0.25) is 4.79 Å². The Morgan fingerprint density at radius 2 is 1.93 bits per heavy atom. The molecule has 0 radical (unpaired) electrons. The molecule has 2 saturated carbocycles. The Bertz CT molecular complexity index is 256. The van der Waals surface area contributed by atoms with Crippen LogP contribution in [0.15, 0.2) is 0 Å². The van der Waals surface area contributed by atoms with Crippen LogP contribution in [-0.4, -0.2) is 23.2 Å². The van der Waals surface area contributed by atoms with Gasteiger partial charge in [-0.1, -0.05) is 26.7 Å². The molecule has 0 bridgehead atoms. The maximum absolute atomic E-state index is 11.9. The van der Waals surface area contributed by atoms with Gasteiger partial charge >= 0.3 is 0 Å². The van der Waals surface area contributed by atoms with Crippen molar-refractivity contribution in [1.29, 1.82) is 0 Å². The highest BCUT2D eigenvalue weighted by atomic mass is 16.3. The summed E-state index contributed by atoms with van der Waals surface area (Å²) in [6.07, 6.45) is 4.92. The number of hydrogen-bond donors (Lipinski definition) is 2. The summed E-state index contributed by atoms with van der Waals surface area (Å²) in [6, 6.07) is 0.167. The average Bonchev–Trinajstić information content (AvgIpc) is 2.70. The number of nitrogens with one attached hydrogen (secondary N) is 1. The fourth-order valence-electron chi connectivity index (χ4n) is 2.62. The Hall–Kier alpha value is -0.570. The van der Waals surface area contributed by atoms with Gasteiger partial charge in [0.1, 0.15) is 0 Å². The lowest BCUT2D eigenvalue weighted by atomic mass is 9.64. The van der Waals surface area contributed by atoms with Crippen molar-refractivity contribution >= 4 is 5.91 Å². The van der Waals surface area contributed by atoms with Crippen LogP contribution in [0.5, 0.6) is 0 Å². The Kier molecular flexibility index (Phi) is 2.75. The minimum absolute atomic E-state index is 0.145. The lowest BCUT2D eigenvalue weighted by Gasteiger charge is -2.49. The van der Waals surface area contributed by atoms with Gasteiger partial charge in [-0.25, -0.2) is 0 Å². The Morgan fingerprint density at radius 3 is 2.40 bits per heavy atom. The fraction of sp³-hybridized carbons (Fsp3) is 0.917. The molecule has 2 aliphatic carbocycles. The van der Waals surface area contributed by atoms with Gasteiger partial charge < -0.3 is 10.4 Å². The van der Waals surface area contributed by atoms with Crippen LogP contribution in [0.1, 0.15) is 46.0 Å². The Labute approximate surface area is 91.2 Å². The normalized spacial score (nSPS) is 34.9. The van der Waals surface area contributed by atoms with E-state index in [-0.39, 0.29) is 29.4 Å². The van der Waals surface area contributed by atoms with Crippen LogP contribution < -0.4 is 5.32 Å². The number of hydrogen-bond acceptors (Lipinski definition) is 2. The van der Waals surface area contributed by atoms with Crippen molar-refractivity contribution in [3.63, 3.8) is 0 Å². The van der Waals surface area contributed by atoms with Gasteiger partial charge in [0.15, 0.2) is 0 Å². The van der Waals surface area contributed by atoms with Crippen molar-refractivity contribution in [2.45, 2.75) is 58.1 Å². The van der Waals surface area contributed by atoms with Crippen molar-refractivity contribution in [2.24, 2.45) is 11.3 Å². The summed E-state index contributed by atoms with van der Waals surface area (Å²) in [5.41, 5.74) is -0.145. The molecular formula is C12H21NO2. The lowest BCUT2D eigenvalue weighted by molar-refractivity contribution is -0.132. The lowest BCUT2D eigenvalue weighted by Crippen LogP contribution is -2.61. The molecule has 2 rings (SSSR count). The van der Waals surface area contributed by atoms with Crippen LogP contribution in [0.3, 0.4) is 0 Å². The second-order valence-corrected chi connectivity index (χ2v) is 5.62. The number of carbonyl (C=O) groups excluding carboxylic acids is 1. The van der Waals surface area contributed by atoms with E-state index in [2.05, 4.69) is 5.32 Å². The van der Waals surface area contributed by atoms with Gasteiger partial charge in [0.25, 0.3) is 0 Å². The predicted octanol–water partition coefficient (Wildman–Crippen LogP) is 1.45. The first kappa shape index (κ1) is 10.9. The van der Waals surface area contributed by atoms with Crippen LogP contribution >= 0.6 is 0 Å². The standard InChI is InChI=1S/C12H21NO2/c1-12(2)9(7-10(12)14)13-11(15)8-5-3-4-6-8/h8-10,14H,3-7H2,1-2H3,(H,13,15). The first-order valence-corrected chi connectivity index (χ1v) is 6.00. The second-order valence-electron chi connectivity index (χ2n) is 5.62. The van der Waals surface area contributed by atoms with Gasteiger partial charge in [-0.15, -0.1) is 0 Å². The molecule has 0 aromatic heterocycles. The molecule has 0 heterocycles. The molecule has 2 fully saturated rings. The van der Waals surface area contributed by atoms with Gasteiger partial charge in [-0.2, -0.15) is 0 Å². The maximum atomic E-state index is 11.9. The molecular weight excluding hydrogens is 190 g/mol. The van der Waals surface area contributed by atoms with Gasteiger partial charge in [0.2, 0.25) is 5.91 Å². The summed E-state index contributed by atoms with van der Waals surface area (Å²) in [6.45, 7) is 4.03. The number of carbonyl (C=O) groups is 1. The molecule has 15 heavy (non-hydrogen) atoms. The summed E-state index contributed by atoms with van der Waals surface area (Å²) in [7, 11) is 0. The van der Waals surface area contributed by atoms with E-state index in [0.717, 1.165) is 12.8 Å². The third-order valence-electron chi connectivity index (χ3n) is 4.26. The molecule has 0 aromatic rings. The summed E-state index contributed by atoms with van der Waals surface area (Å²) < 4.78 is 0. The number of aliphatic hydroxyl groups excluding tert-OH is 1. The SMILES string of the molecule is CC1(C)C(O)CC1NC(=O)C1CCCC1. The third kappa shape index (κ3) is 1.89. The molecule has 3 nitrogen and oxygen atoms in total. The minimum atomic E-state index is -0.258. The molecule has 2 unspecified atom stereocenters. The molecule has 2 atom stereocenters. The van der Waals surface area contributed by atoms with E-state index in [1.54, 1.807) is 0 Å². The van der Waals surface area contributed by atoms with Crippen LogP contribution in [0.4, 0.5) is 0 Å². The topological polar surface area (TPSA) is 49.3 Å². The van der Waals surface area contributed by atoms with Crippen molar-refractivity contribution in [3.05, 3.63) is 0 Å². The molecule has 0 aromatic carbocycles. The third-order valence-corrected chi connectivity index (χ3v) is 4.26. The van der Waals surface area contributed by atoms with Gasteiger partial charge in [0, 0.05) is 17.4 Å². The maximum Gasteiger partial charge on any atom is 0.223 e. The van der Waals surface area contributed by atoms with E-state index in [9.17, 15) is 9.90 Å². The van der Waals surface area contributed by atoms with Crippen LogP contribution in [0.25, 0.3) is 0 Å². The molecule has 86 valence electrons. The highest BCUT2D eigenvalue weighted by Gasteiger charge is 2.48. The smallest absolute Gasteiger partial charge is 0.223 e. The second kappa shape index (κ2) is 3.78. The monoisotopic (exact) mass is 211 g/mol. The van der Waals surface area contributed by atoms with Gasteiger partial charge in [-0.05, 0) is 19.3 Å². The minimum Gasteiger partial charge on any atom is -0.392 e. The largest absolute Gasteiger partial charge is 0.392 e. The first-order valence-electron chi connectivity index (χ1n) is 6.00. The quantitative estimate of drug-likeness (QED) is 0.726. The van der Waals surface area contributed by atoms with Crippen LogP contribution in [-0.2, 0) is 4.79 Å². The number of amides is 1. The summed E-state index contributed by atoms with van der Waals surface area (Å²) in [4.78, 5) is 11.9. The molecule has 1 amide bonds. The van der Waals surface area contributed by atoms with Crippen molar-refractivity contribution in [3.8, 4) is 0 Å². The first-order chi connectivity index (χ1) is 7.01. The highest BCUT2D eigenvalue weighted by Crippen LogP contribution is 2.40. The predicted molar refractivity (Wildman–Crippen MR) is 58.3 cm³/mol. The fourth-order valence-corrected chi connectivity index (χ4v) is 2.62. The van der Waals surface area contributed by atoms with Crippen molar-refractivity contribution in [1.82, 2.24) is 5.32 Å². The number of rotatable bonds is 2. The van der Waals surface area contributed by atoms with E-state index in [1.807, 2.05) is 13.8 Å². The molecule has 2 aliphatic rings. The van der Waals surface area contributed by atoms with Crippen LogP contribution in [0.2, 0.25) is 0 Å². The van der Waals surface area contributed by atoms with E-state index in [4.69, 9.17) is 0 Å². The molecule has 3 heteroatoms. The zero-order valence-corrected chi connectivity index (χ0v) is 9.62. The van der Waals surface area contributed by atoms with Crippen molar-refractivity contribution < 1.29 is 9.90 Å². The highest BCUT2D eigenvalue weighted by molar-refractivity contribution is 5.79. The summed E-state index contributed by atoms with van der Waals surface area (Å²) in [5.74, 6) is 0.441. The molecule has 0 saturated heterocycles. The molecule has 0 aliphatic heterocycles. The summed E-state index contributed by atoms with van der Waals surface area (Å²) in [5, 5.41) is 12.7. The average molecular weight is 211 g/mol. The molecule has 2 N–H and O–H groups in total. The van der Waals surface area contributed by atoms with E-state index >= 15 is 0 Å².